The fourth-order valence-electron chi connectivity index (χ4n) is 2.85. The number of hydrogen-bond donors (Lipinski definition) is 0. The topological polar surface area (TPSA) is 62.2 Å². The maximum Gasteiger partial charge on any atom is 0.274 e. The molecule has 6 heteroatoms. The van der Waals surface area contributed by atoms with E-state index in [-0.39, 0.29) is 5.91 Å². The highest BCUT2D eigenvalue weighted by Crippen LogP contribution is 2.28. The van der Waals surface area contributed by atoms with Crippen LogP contribution in [0.5, 0.6) is 0 Å². The number of pyridine rings is 1. The van der Waals surface area contributed by atoms with Gasteiger partial charge in [-0.1, -0.05) is 0 Å². The second kappa shape index (κ2) is 6.73. The number of aromatic nitrogens is 3. The maximum atomic E-state index is 12.4. The fraction of sp³-hybridized carbons (Fsp3) is 0.412. The predicted molar refractivity (Wildman–Crippen MR) is 88.5 cm³/mol. The smallest absolute Gasteiger partial charge is 0.274 e. The van der Waals surface area contributed by atoms with Crippen molar-refractivity contribution in [1.29, 1.82) is 0 Å². The lowest BCUT2D eigenvalue weighted by atomic mass is 9.93. The van der Waals surface area contributed by atoms with Crippen LogP contribution in [0.25, 0.3) is 0 Å². The van der Waals surface area contributed by atoms with Crippen LogP contribution >= 0.6 is 0 Å². The monoisotopic (exact) mass is 311 g/mol. The molecule has 120 valence electrons. The van der Waals surface area contributed by atoms with Crippen LogP contribution in [0.4, 0.5) is 5.69 Å². The highest BCUT2D eigenvalue weighted by atomic mass is 16.2. The lowest BCUT2D eigenvalue weighted by molar-refractivity contribution is 0.0705. The molecule has 0 unspecified atom stereocenters. The highest BCUT2D eigenvalue weighted by Gasteiger charge is 2.25. The molecule has 3 rings (SSSR count). The van der Waals surface area contributed by atoms with Gasteiger partial charge in [0.15, 0.2) is 0 Å². The molecule has 0 saturated carbocycles. The summed E-state index contributed by atoms with van der Waals surface area (Å²) in [5, 5.41) is 0. The van der Waals surface area contributed by atoms with Crippen LogP contribution in [0, 0.1) is 0 Å². The SMILES string of the molecule is CN(C)c1ccc(C2CCN(C(=O)c3cnccn3)CC2)nc1. The third-order valence-electron chi connectivity index (χ3n) is 4.27. The van der Waals surface area contributed by atoms with E-state index < -0.39 is 0 Å². The Kier molecular flexibility index (Phi) is 4.50. The van der Waals surface area contributed by atoms with Crippen molar-refractivity contribution in [3.8, 4) is 0 Å². The van der Waals surface area contributed by atoms with E-state index in [4.69, 9.17) is 0 Å². The average molecular weight is 311 g/mol. The number of carbonyl (C=O) groups excluding carboxylic acids is 1. The molecular weight excluding hydrogens is 290 g/mol. The first-order valence-electron chi connectivity index (χ1n) is 7.83. The van der Waals surface area contributed by atoms with E-state index in [0.29, 0.717) is 11.6 Å². The Bertz CT molecular complexity index is 648. The van der Waals surface area contributed by atoms with Crippen LogP contribution < -0.4 is 4.90 Å². The largest absolute Gasteiger partial charge is 0.376 e. The first-order chi connectivity index (χ1) is 11.1. The van der Waals surface area contributed by atoms with Gasteiger partial charge in [0.2, 0.25) is 0 Å². The number of nitrogens with zero attached hydrogens (tertiary/aromatic N) is 5. The first-order valence-corrected chi connectivity index (χ1v) is 7.83. The minimum atomic E-state index is -0.0348. The van der Waals surface area contributed by atoms with E-state index in [9.17, 15) is 4.79 Å². The van der Waals surface area contributed by atoms with Gasteiger partial charge < -0.3 is 9.80 Å². The average Bonchev–Trinajstić information content (AvgIpc) is 2.62. The molecule has 0 aromatic carbocycles. The van der Waals surface area contributed by atoms with Crippen molar-refractivity contribution in [3.05, 3.63) is 48.3 Å². The summed E-state index contributed by atoms with van der Waals surface area (Å²) in [4.78, 5) is 28.9. The number of hydrogen-bond acceptors (Lipinski definition) is 5. The third-order valence-corrected chi connectivity index (χ3v) is 4.27. The molecule has 1 aliphatic rings. The summed E-state index contributed by atoms with van der Waals surface area (Å²) in [5.41, 5.74) is 2.63. The Morgan fingerprint density at radius 3 is 2.48 bits per heavy atom. The molecule has 0 atom stereocenters. The van der Waals surface area contributed by atoms with E-state index in [1.165, 1.54) is 6.20 Å². The lowest BCUT2D eigenvalue weighted by Crippen LogP contribution is -2.38. The number of anilines is 1. The molecule has 1 fully saturated rings. The molecule has 0 radical (unpaired) electrons. The van der Waals surface area contributed by atoms with Gasteiger partial charge in [0.1, 0.15) is 5.69 Å². The van der Waals surface area contributed by atoms with Crippen molar-refractivity contribution >= 4 is 11.6 Å². The number of likely N-dealkylation sites (tertiary alicyclic amines) is 1. The van der Waals surface area contributed by atoms with Crippen LogP contribution in [0.15, 0.2) is 36.9 Å². The van der Waals surface area contributed by atoms with Crippen molar-refractivity contribution < 1.29 is 4.79 Å². The van der Waals surface area contributed by atoms with Crippen molar-refractivity contribution in [2.75, 3.05) is 32.1 Å². The molecular formula is C17H21N5O. The number of piperidine rings is 1. The maximum absolute atomic E-state index is 12.4. The van der Waals surface area contributed by atoms with E-state index in [1.807, 2.05) is 30.1 Å². The van der Waals surface area contributed by atoms with E-state index in [0.717, 1.165) is 37.3 Å². The number of amides is 1. The van der Waals surface area contributed by atoms with Crippen molar-refractivity contribution in [3.63, 3.8) is 0 Å². The lowest BCUT2D eigenvalue weighted by Gasteiger charge is -2.31. The minimum absolute atomic E-state index is 0.0348. The van der Waals surface area contributed by atoms with E-state index in [2.05, 4.69) is 27.1 Å². The Hall–Kier alpha value is -2.50. The van der Waals surface area contributed by atoms with Crippen molar-refractivity contribution in [2.24, 2.45) is 0 Å². The molecule has 1 aliphatic heterocycles. The zero-order chi connectivity index (χ0) is 16.2. The highest BCUT2D eigenvalue weighted by molar-refractivity contribution is 5.92. The number of carbonyl (C=O) groups is 1. The van der Waals surface area contributed by atoms with E-state index >= 15 is 0 Å². The summed E-state index contributed by atoms with van der Waals surface area (Å²) in [5.74, 6) is 0.379. The quantitative estimate of drug-likeness (QED) is 0.867. The molecule has 0 N–H and O–H groups in total. The molecule has 0 bridgehead atoms. The normalized spacial score (nSPS) is 15.5. The summed E-state index contributed by atoms with van der Waals surface area (Å²) in [6, 6.07) is 4.19. The van der Waals surface area contributed by atoms with Crippen LogP contribution in [-0.2, 0) is 0 Å². The van der Waals surface area contributed by atoms with Gasteiger partial charge in [0.25, 0.3) is 5.91 Å². The van der Waals surface area contributed by atoms with Gasteiger partial charge >= 0.3 is 0 Å². The molecule has 1 saturated heterocycles. The standard InChI is InChI=1S/C17H21N5O/c1-21(2)14-3-4-15(20-11-14)13-5-9-22(10-6-13)17(23)16-12-18-7-8-19-16/h3-4,7-8,11-13H,5-6,9-10H2,1-2H3. The molecule has 6 nitrogen and oxygen atoms in total. The Balaban J connectivity index is 1.61. The number of rotatable bonds is 3. The van der Waals surface area contributed by atoms with Gasteiger partial charge in [-0.05, 0) is 25.0 Å². The molecule has 0 aliphatic carbocycles. The van der Waals surface area contributed by atoms with Gasteiger partial charge in [-0.3, -0.25) is 14.8 Å². The van der Waals surface area contributed by atoms with Gasteiger partial charge in [-0.25, -0.2) is 4.98 Å². The van der Waals surface area contributed by atoms with Crippen molar-refractivity contribution in [2.45, 2.75) is 18.8 Å². The Morgan fingerprint density at radius 1 is 1.13 bits per heavy atom. The molecule has 23 heavy (non-hydrogen) atoms. The second-order valence-corrected chi connectivity index (χ2v) is 5.99. The minimum Gasteiger partial charge on any atom is -0.376 e. The molecule has 0 spiro atoms. The van der Waals surface area contributed by atoms with Gasteiger partial charge in [0.05, 0.1) is 18.1 Å². The van der Waals surface area contributed by atoms with E-state index in [1.54, 1.807) is 12.4 Å². The van der Waals surface area contributed by atoms with Crippen LogP contribution in [-0.4, -0.2) is 52.9 Å². The van der Waals surface area contributed by atoms with Gasteiger partial charge in [-0.15, -0.1) is 0 Å². The predicted octanol–water partition coefficient (Wildman–Crippen LogP) is 1.96. The Labute approximate surface area is 136 Å². The van der Waals surface area contributed by atoms with Crippen molar-refractivity contribution in [1.82, 2.24) is 19.9 Å². The second-order valence-electron chi connectivity index (χ2n) is 5.99. The zero-order valence-electron chi connectivity index (χ0n) is 13.5. The summed E-state index contributed by atoms with van der Waals surface area (Å²) in [6.07, 6.45) is 8.42. The molecule has 1 amide bonds. The summed E-state index contributed by atoms with van der Waals surface area (Å²) >= 11 is 0. The summed E-state index contributed by atoms with van der Waals surface area (Å²) in [7, 11) is 4.01. The molecule has 2 aromatic heterocycles. The van der Waals surface area contributed by atoms with Gasteiger partial charge in [-0.2, -0.15) is 0 Å². The summed E-state index contributed by atoms with van der Waals surface area (Å²) in [6.45, 7) is 1.47. The zero-order valence-corrected chi connectivity index (χ0v) is 13.5. The van der Waals surface area contributed by atoms with Crippen LogP contribution in [0.3, 0.4) is 0 Å². The molecule has 2 aromatic rings. The first kappa shape index (κ1) is 15.4. The fourth-order valence-corrected chi connectivity index (χ4v) is 2.85. The molecule has 3 heterocycles. The van der Waals surface area contributed by atoms with Gasteiger partial charge in [0, 0.05) is 51.2 Å². The van der Waals surface area contributed by atoms with Crippen LogP contribution in [0.2, 0.25) is 0 Å². The Morgan fingerprint density at radius 2 is 1.91 bits per heavy atom. The third kappa shape index (κ3) is 3.47. The van der Waals surface area contributed by atoms with Crippen LogP contribution in [0.1, 0.15) is 34.9 Å². The summed E-state index contributed by atoms with van der Waals surface area (Å²) < 4.78 is 0.